The van der Waals surface area contributed by atoms with Crippen molar-refractivity contribution in [2.45, 2.75) is 44.6 Å². The van der Waals surface area contributed by atoms with Gasteiger partial charge in [-0.2, -0.15) is 0 Å². The minimum Gasteiger partial charge on any atom is -0.317 e. The molecule has 3 nitrogen and oxygen atoms in total. The van der Waals surface area contributed by atoms with E-state index in [1.807, 2.05) is 7.05 Å². The summed E-state index contributed by atoms with van der Waals surface area (Å²) in [4.78, 5) is 0. The fraction of sp³-hybridized carbons (Fsp3) is 1.00. The van der Waals surface area contributed by atoms with E-state index in [9.17, 15) is 8.42 Å². The van der Waals surface area contributed by atoms with E-state index in [0.717, 1.165) is 25.2 Å². The lowest BCUT2D eigenvalue weighted by Crippen LogP contribution is -2.27. The molecule has 0 aliphatic heterocycles. The molecule has 90 valence electrons. The van der Waals surface area contributed by atoms with E-state index in [0.29, 0.717) is 11.8 Å². The number of hydrogen-bond donors (Lipinski definition) is 1. The van der Waals surface area contributed by atoms with Crippen LogP contribution in [0, 0.1) is 5.92 Å². The Hall–Kier alpha value is -0.0900. The van der Waals surface area contributed by atoms with E-state index in [1.165, 1.54) is 25.5 Å². The predicted molar refractivity (Wildman–Crippen MR) is 63.8 cm³/mol. The third-order valence-corrected chi connectivity index (χ3v) is 4.12. The van der Waals surface area contributed by atoms with Gasteiger partial charge in [0.15, 0.2) is 0 Å². The Morgan fingerprint density at radius 2 is 1.93 bits per heavy atom. The van der Waals surface area contributed by atoms with Crippen molar-refractivity contribution < 1.29 is 8.42 Å². The van der Waals surface area contributed by atoms with Crippen LogP contribution in [0.2, 0.25) is 0 Å². The van der Waals surface area contributed by atoms with E-state index >= 15 is 0 Å². The first-order chi connectivity index (χ1) is 7.03. The molecule has 1 rings (SSSR count). The van der Waals surface area contributed by atoms with Crippen LogP contribution in [0.3, 0.4) is 0 Å². The van der Waals surface area contributed by atoms with Crippen molar-refractivity contribution >= 4 is 9.84 Å². The maximum absolute atomic E-state index is 10.9. The van der Waals surface area contributed by atoms with Gasteiger partial charge in [-0.3, -0.25) is 0 Å². The van der Waals surface area contributed by atoms with Gasteiger partial charge in [0.25, 0.3) is 0 Å². The van der Waals surface area contributed by atoms with Gasteiger partial charge in [-0.05, 0) is 38.6 Å². The van der Waals surface area contributed by atoms with Crippen molar-refractivity contribution in [3.63, 3.8) is 0 Å². The molecule has 1 fully saturated rings. The van der Waals surface area contributed by atoms with Gasteiger partial charge in [0.1, 0.15) is 9.84 Å². The summed E-state index contributed by atoms with van der Waals surface area (Å²) in [7, 11) is -0.723. The predicted octanol–water partition coefficient (Wildman–Crippen LogP) is 1.59. The van der Waals surface area contributed by atoms with Crippen LogP contribution in [0.15, 0.2) is 0 Å². The van der Waals surface area contributed by atoms with Gasteiger partial charge < -0.3 is 5.32 Å². The molecule has 0 amide bonds. The van der Waals surface area contributed by atoms with E-state index in [-0.39, 0.29) is 0 Å². The van der Waals surface area contributed by atoms with Crippen molar-refractivity contribution in [1.29, 1.82) is 0 Å². The highest BCUT2D eigenvalue weighted by Crippen LogP contribution is 2.34. The van der Waals surface area contributed by atoms with E-state index in [4.69, 9.17) is 0 Å². The van der Waals surface area contributed by atoms with Crippen LogP contribution in [0.4, 0.5) is 0 Å². The number of sulfone groups is 1. The van der Waals surface area contributed by atoms with Gasteiger partial charge in [0.2, 0.25) is 0 Å². The largest absolute Gasteiger partial charge is 0.317 e. The van der Waals surface area contributed by atoms with Gasteiger partial charge in [-0.1, -0.05) is 12.8 Å². The quantitative estimate of drug-likeness (QED) is 0.648. The summed E-state index contributed by atoms with van der Waals surface area (Å²) in [6.07, 6.45) is 8.26. The molecule has 0 aromatic rings. The van der Waals surface area contributed by atoms with Crippen LogP contribution >= 0.6 is 0 Å². The number of hydrogen-bond acceptors (Lipinski definition) is 3. The SMILES string of the molecule is CNC(CCCCCS(C)(=O)=O)C1CC1. The topological polar surface area (TPSA) is 46.2 Å². The molecular weight excluding hydrogens is 210 g/mol. The minimum atomic E-state index is -2.75. The first-order valence-electron chi connectivity index (χ1n) is 5.88. The molecule has 15 heavy (non-hydrogen) atoms. The van der Waals surface area contributed by atoms with Crippen LogP contribution < -0.4 is 5.32 Å². The summed E-state index contributed by atoms with van der Waals surface area (Å²) in [6.45, 7) is 0. The highest BCUT2D eigenvalue weighted by atomic mass is 32.2. The van der Waals surface area contributed by atoms with Crippen molar-refractivity contribution in [2.75, 3.05) is 19.1 Å². The maximum Gasteiger partial charge on any atom is 0.147 e. The smallest absolute Gasteiger partial charge is 0.147 e. The highest BCUT2D eigenvalue weighted by Gasteiger charge is 2.29. The molecule has 1 unspecified atom stereocenters. The average Bonchev–Trinajstić information content (AvgIpc) is 2.92. The standard InChI is InChI=1S/C11H23NO2S/c1-12-11(10-7-8-10)6-4-3-5-9-15(2,13)14/h10-12H,3-9H2,1-2H3. The second kappa shape index (κ2) is 5.85. The highest BCUT2D eigenvalue weighted by molar-refractivity contribution is 7.90. The number of nitrogens with one attached hydrogen (secondary N) is 1. The molecule has 0 aromatic carbocycles. The fourth-order valence-electron chi connectivity index (χ4n) is 2.02. The number of rotatable bonds is 8. The minimum absolute atomic E-state index is 0.348. The first-order valence-corrected chi connectivity index (χ1v) is 7.94. The molecule has 0 saturated heterocycles. The normalized spacial score (nSPS) is 19.1. The molecule has 0 bridgehead atoms. The average molecular weight is 233 g/mol. The zero-order chi connectivity index (χ0) is 11.3. The summed E-state index contributed by atoms with van der Waals surface area (Å²) in [6, 6.07) is 0.670. The molecule has 1 atom stereocenters. The van der Waals surface area contributed by atoms with Crippen LogP contribution in [0.25, 0.3) is 0 Å². The lowest BCUT2D eigenvalue weighted by atomic mass is 10.0. The molecule has 0 spiro atoms. The van der Waals surface area contributed by atoms with Crippen LogP contribution in [-0.2, 0) is 9.84 Å². The van der Waals surface area contributed by atoms with Crippen molar-refractivity contribution in [3.05, 3.63) is 0 Å². The lowest BCUT2D eigenvalue weighted by molar-refractivity contribution is 0.448. The van der Waals surface area contributed by atoms with E-state index in [1.54, 1.807) is 0 Å². The second-order valence-corrected chi connectivity index (χ2v) is 6.97. The molecule has 0 heterocycles. The Kier molecular flexibility index (Phi) is 5.06. The molecule has 0 radical (unpaired) electrons. The molecule has 4 heteroatoms. The zero-order valence-electron chi connectivity index (χ0n) is 9.83. The van der Waals surface area contributed by atoms with Crippen LogP contribution in [0.5, 0.6) is 0 Å². The van der Waals surface area contributed by atoms with Crippen LogP contribution in [0.1, 0.15) is 38.5 Å². The Morgan fingerprint density at radius 1 is 1.27 bits per heavy atom. The van der Waals surface area contributed by atoms with Crippen LogP contribution in [-0.4, -0.2) is 33.5 Å². The van der Waals surface area contributed by atoms with Crippen molar-refractivity contribution in [3.8, 4) is 0 Å². The zero-order valence-corrected chi connectivity index (χ0v) is 10.6. The molecule has 1 aliphatic carbocycles. The third kappa shape index (κ3) is 6.15. The Balaban J connectivity index is 2.00. The summed E-state index contributed by atoms with van der Waals surface area (Å²) >= 11 is 0. The van der Waals surface area contributed by atoms with Crippen molar-refractivity contribution in [1.82, 2.24) is 5.32 Å². The van der Waals surface area contributed by atoms with Gasteiger partial charge in [0.05, 0.1) is 0 Å². The maximum atomic E-state index is 10.9. The fourth-order valence-corrected chi connectivity index (χ4v) is 2.75. The monoisotopic (exact) mass is 233 g/mol. The summed E-state index contributed by atoms with van der Waals surface area (Å²) in [5, 5.41) is 3.35. The Bertz CT molecular complexity index is 270. The molecule has 1 N–H and O–H groups in total. The van der Waals surface area contributed by atoms with Gasteiger partial charge in [-0.25, -0.2) is 8.42 Å². The summed E-state index contributed by atoms with van der Waals surface area (Å²) in [5.74, 6) is 1.24. The Morgan fingerprint density at radius 3 is 2.40 bits per heavy atom. The first kappa shape index (κ1) is 13.0. The third-order valence-electron chi connectivity index (χ3n) is 3.09. The lowest BCUT2D eigenvalue weighted by Gasteiger charge is -2.14. The molecular formula is C11H23NO2S. The molecule has 1 saturated carbocycles. The van der Waals surface area contributed by atoms with E-state index in [2.05, 4.69) is 5.32 Å². The second-order valence-electron chi connectivity index (χ2n) is 4.71. The molecule has 0 aromatic heterocycles. The summed E-state index contributed by atoms with van der Waals surface area (Å²) < 4.78 is 21.8. The summed E-state index contributed by atoms with van der Waals surface area (Å²) in [5.41, 5.74) is 0. The van der Waals surface area contributed by atoms with Gasteiger partial charge >= 0.3 is 0 Å². The number of unbranched alkanes of at least 4 members (excludes halogenated alkanes) is 2. The van der Waals surface area contributed by atoms with Gasteiger partial charge in [0, 0.05) is 18.1 Å². The van der Waals surface area contributed by atoms with Gasteiger partial charge in [-0.15, -0.1) is 0 Å². The van der Waals surface area contributed by atoms with E-state index < -0.39 is 9.84 Å². The Labute approximate surface area is 93.6 Å². The molecule has 1 aliphatic rings. The van der Waals surface area contributed by atoms with Crippen molar-refractivity contribution in [2.24, 2.45) is 5.92 Å².